The molecule has 3 rings (SSSR count). The molecule has 12 nitrogen and oxygen atoms in total. The topological polar surface area (TPSA) is 169 Å². The fourth-order valence-electron chi connectivity index (χ4n) is 3.83. The number of pyridine rings is 1. The third-order valence-corrected chi connectivity index (χ3v) is 7.88. The summed E-state index contributed by atoms with van der Waals surface area (Å²) >= 11 is 0. The van der Waals surface area contributed by atoms with E-state index in [1.807, 2.05) is 0 Å². The maximum Gasteiger partial charge on any atom is 0.276 e. The minimum atomic E-state index is -3.71. The fourth-order valence-corrected chi connectivity index (χ4v) is 5.31. The SMILES string of the molecule is CCN(CC1CCCO1)S(=O)(=O)c1ccc(/N=N/c2c(C)c(N)c(=O)n(CCOCCO)c2O)cc1. The van der Waals surface area contributed by atoms with Crippen molar-refractivity contribution in [1.29, 1.82) is 0 Å². The summed E-state index contributed by atoms with van der Waals surface area (Å²) in [6.45, 7) is 4.62. The first-order valence-corrected chi connectivity index (χ1v) is 13.2. The summed E-state index contributed by atoms with van der Waals surface area (Å²) in [6, 6.07) is 5.90. The third-order valence-electron chi connectivity index (χ3n) is 5.92. The van der Waals surface area contributed by atoms with E-state index in [4.69, 9.17) is 20.3 Å². The molecule has 0 bridgehead atoms. The highest BCUT2D eigenvalue weighted by atomic mass is 32.2. The monoisotopic (exact) mass is 523 g/mol. The summed E-state index contributed by atoms with van der Waals surface area (Å²) in [4.78, 5) is 12.6. The first-order valence-electron chi connectivity index (χ1n) is 11.7. The van der Waals surface area contributed by atoms with Crippen LogP contribution in [0.15, 0.2) is 44.2 Å². The number of ether oxygens (including phenoxy) is 2. The van der Waals surface area contributed by atoms with Gasteiger partial charge in [-0.2, -0.15) is 9.42 Å². The molecule has 1 aliphatic rings. The Morgan fingerprint density at radius 2 is 1.97 bits per heavy atom. The van der Waals surface area contributed by atoms with Gasteiger partial charge in [-0.25, -0.2) is 8.42 Å². The molecule has 1 aromatic heterocycles. The van der Waals surface area contributed by atoms with Gasteiger partial charge in [0.25, 0.3) is 5.56 Å². The first kappa shape index (κ1) is 27.7. The van der Waals surface area contributed by atoms with Crippen LogP contribution < -0.4 is 11.3 Å². The van der Waals surface area contributed by atoms with Crippen LogP contribution in [0.3, 0.4) is 0 Å². The zero-order valence-electron chi connectivity index (χ0n) is 20.5. The zero-order chi connectivity index (χ0) is 26.3. The van der Waals surface area contributed by atoms with Crippen LogP contribution in [0, 0.1) is 6.92 Å². The van der Waals surface area contributed by atoms with E-state index in [1.54, 1.807) is 13.8 Å². The van der Waals surface area contributed by atoms with E-state index in [2.05, 4.69) is 10.2 Å². The molecule has 13 heteroatoms. The van der Waals surface area contributed by atoms with Gasteiger partial charge in [0.15, 0.2) is 5.69 Å². The molecule has 0 spiro atoms. The van der Waals surface area contributed by atoms with E-state index in [9.17, 15) is 18.3 Å². The van der Waals surface area contributed by atoms with Crippen LogP contribution in [-0.4, -0.2) is 73.1 Å². The van der Waals surface area contributed by atoms with Gasteiger partial charge in [-0.3, -0.25) is 9.36 Å². The van der Waals surface area contributed by atoms with Crippen LogP contribution in [0.25, 0.3) is 0 Å². The number of nitrogens with two attached hydrogens (primary N) is 1. The van der Waals surface area contributed by atoms with Crippen LogP contribution in [0.5, 0.6) is 5.88 Å². The van der Waals surface area contributed by atoms with Crippen molar-refractivity contribution >= 4 is 27.1 Å². The van der Waals surface area contributed by atoms with Crippen molar-refractivity contribution in [2.75, 3.05) is 45.3 Å². The molecule has 1 aliphatic heterocycles. The first-order chi connectivity index (χ1) is 17.2. The molecule has 0 amide bonds. The number of rotatable bonds is 12. The molecule has 4 N–H and O–H groups in total. The number of nitrogen functional groups attached to an aromatic ring is 1. The minimum absolute atomic E-state index is 0.00402. The van der Waals surface area contributed by atoms with Crippen molar-refractivity contribution in [3.05, 3.63) is 40.2 Å². The van der Waals surface area contributed by atoms with Gasteiger partial charge < -0.3 is 25.4 Å². The number of nitrogens with zero attached hydrogens (tertiary/aromatic N) is 4. The van der Waals surface area contributed by atoms with Gasteiger partial charge in [0, 0.05) is 25.3 Å². The number of aliphatic hydroxyl groups is 1. The Kier molecular flexibility index (Phi) is 9.56. The summed E-state index contributed by atoms with van der Waals surface area (Å²) in [5, 5.41) is 27.6. The largest absolute Gasteiger partial charge is 0.493 e. The molecular formula is C23H33N5O7S. The summed E-state index contributed by atoms with van der Waals surface area (Å²) < 4.78 is 39.3. The third kappa shape index (κ3) is 6.28. The van der Waals surface area contributed by atoms with Gasteiger partial charge in [-0.15, -0.1) is 5.11 Å². The highest BCUT2D eigenvalue weighted by Gasteiger charge is 2.28. The molecule has 198 valence electrons. The Balaban J connectivity index is 1.80. The lowest BCUT2D eigenvalue weighted by molar-refractivity contribution is 0.0854. The molecule has 1 unspecified atom stereocenters. The van der Waals surface area contributed by atoms with E-state index in [-0.39, 0.29) is 54.3 Å². The lowest BCUT2D eigenvalue weighted by Crippen LogP contribution is -2.37. The highest BCUT2D eigenvalue weighted by Crippen LogP contribution is 2.33. The van der Waals surface area contributed by atoms with Crippen molar-refractivity contribution in [2.45, 2.75) is 44.2 Å². The number of anilines is 1. The number of aromatic hydroxyl groups is 1. The second kappa shape index (κ2) is 12.4. The van der Waals surface area contributed by atoms with E-state index in [0.29, 0.717) is 25.4 Å². The number of likely N-dealkylation sites (N-methyl/N-ethyl adjacent to an activating group) is 1. The smallest absolute Gasteiger partial charge is 0.276 e. The summed E-state index contributed by atoms with van der Waals surface area (Å²) in [5.74, 6) is -0.421. The molecule has 1 saturated heterocycles. The van der Waals surface area contributed by atoms with Gasteiger partial charge >= 0.3 is 0 Å². The molecule has 0 saturated carbocycles. The van der Waals surface area contributed by atoms with Gasteiger partial charge in [0.05, 0.1) is 43.1 Å². The van der Waals surface area contributed by atoms with Crippen LogP contribution in [-0.2, 0) is 26.0 Å². The fraction of sp³-hybridized carbons (Fsp3) is 0.522. The van der Waals surface area contributed by atoms with E-state index in [1.165, 1.54) is 28.6 Å². The molecule has 0 radical (unpaired) electrons. The number of benzene rings is 1. The van der Waals surface area contributed by atoms with E-state index in [0.717, 1.165) is 17.4 Å². The minimum Gasteiger partial charge on any atom is -0.493 e. The number of azo groups is 1. The van der Waals surface area contributed by atoms with Crippen molar-refractivity contribution in [3.63, 3.8) is 0 Å². The maximum absolute atomic E-state index is 13.1. The van der Waals surface area contributed by atoms with E-state index >= 15 is 0 Å². The molecule has 2 heterocycles. The van der Waals surface area contributed by atoms with Gasteiger partial charge in [0.2, 0.25) is 15.9 Å². The molecule has 2 aromatic rings. The van der Waals surface area contributed by atoms with Gasteiger partial charge in [-0.05, 0) is 44.0 Å². The molecule has 1 atom stereocenters. The summed E-state index contributed by atoms with van der Waals surface area (Å²) in [6.07, 6.45) is 1.67. The number of aromatic nitrogens is 1. The van der Waals surface area contributed by atoms with E-state index < -0.39 is 21.5 Å². The van der Waals surface area contributed by atoms with Crippen molar-refractivity contribution in [3.8, 4) is 5.88 Å². The lowest BCUT2D eigenvalue weighted by Gasteiger charge is -2.23. The number of hydrogen-bond acceptors (Lipinski definition) is 10. The standard InChI is InChI=1S/C23H33N5O7S/c1-3-27(15-18-5-4-12-35-18)36(32,33)19-8-6-17(7-9-19)25-26-21-16(2)20(24)22(30)28(23(21)31)10-13-34-14-11-29/h6-9,18,29,31H,3-5,10-15,24H2,1-2H3/b26-25+. The average Bonchev–Trinajstić information content (AvgIpc) is 3.39. The van der Waals surface area contributed by atoms with Gasteiger partial charge in [-0.1, -0.05) is 6.92 Å². The second-order valence-electron chi connectivity index (χ2n) is 8.29. The Labute approximate surface area is 210 Å². The summed E-state index contributed by atoms with van der Waals surface area (Å²) in [5.41, 5.74) is 5.86. The predicted octanol–water partition coefficient (Wildman–Crippen LogP) is 2.06. The predicted molar refractivity (Wildman–Crippen MR) is 133 cm³/mol. The van der Waals surface area contributed by atoms with Crippen LogP contribution in [0.4, 0.5) is 17.1 Å². The number of sulfonamides is 1. The Morgan fingerprint density at radius 1 is 1.25 bits per heavy atom. The Morgan fingerprint density at radius 3 is 2.58 bits per heavy atom. The second-order valence-corrected chi connectivity index (χ2v) is 10.2. The zero-order valence-corrected chi connectivity index (χ0v) is 21.3. The number of aliphatic hydroxyl groups excluding tert-OH is 1. The van der Waals surface area contributed by atoms with Gasteiger partial charge in [0.1, 0.15) is 5.69 Å². The molecule has 0 aliphatic carbocycles. The maximum atomic E-state index is 13.1. The quantitative estimate of drug-likeness (QED) is 0.280. The van der Waals surface area contributed by atoms with Crippen LogP contribution in [0.1, 0.15) is 25.3 Å². The van der Waals surface area contributed by atoms with Crippen LogP contribution in [0.2, 0.25) is 0 Å². The molecule has 36 heavy (non-hydrogen) atoms. The Bertz CT molecular complexity index is 1220. The van der Waals surface area contributed by atoms with Crippen molar-refractivity contribution < 1.29 is 28.1 Å². The highest BCUT2D eigenvalue weighted by molar-refractivity contribution is 7.89. The molecular weight excluding hydrogens is 490 g/mol. The lowest BCUT2D eigenvalue weighted by atomic mass is 10.2. The van der Waals surface area contributed by atoms with Crippen molar-refractivity contribution in [1.82, 2.24) is 8.87 Å². The molecule has 1 aromatic carbocycles. The van der Waals surface area contributed by atoms with Crippen molar-refractivity contribution in [2.24, 2.45) is 10.2 Å². The number of hydrogen-bond donors (Lipinski definition) is 3. The Hall–Kier alpha value is -2.84. The average molecular weight is 524 g/mol. The molecule has 1 fully saturated rings. The normalized spacial score (nSPS) is 16.4. The van der Waals surface area contributed by atoms with Crippen LogP contribution >= 0.6 is 0 Å². The summed E-state index contributed by atoms with van der Waals surface area (Å²) in [7, 11) is -3.71.